The third-order valence-electron chi connectivity index (χ3n) is 12.0. The highest BCUT2D eigenvalue weighted by molar-refractivity contribution is 6.35. The molecule has 4 aromatic rings. The molecule has 0 radical (unpaired) electrons. The van der Waals surface area contributed by atoms with Crippen LogP contribution in [0.4, 0.5) is 43.4 Å². The van der Waals surface area contributed by atoms with Gasteiger partial charge in [-0.25, -0.2) is 4.90 Å². The Kier molecular flexibility index (Phi) is 9.20. The number of hydrogen-bond acceptors (Lipinski definition) is 8. The topological polar surface area (TPSA) is 99.7 Å². The fraction of sp³-hybridized carbons (Fsp3) is 0.378. The summed E-state index contributed by atoms with van der Waals surface area (Å²) in [6.07, 6.45) is -12.2. The lowest BCUT2D eigenvalue weighted by Gasteiger charge is -2.38. The summed E-state index contributed by atoms with van der Waals surface area (Å²) in [7, 11) is 2.94. The summed E-state index contributed by atoms with van der Waals surface area (Å²) in [5.41, 5.74) is -6.60. The van der Waals surface area contributed by atoms with Gasteiger partial charge in [0.25, 0.3) is 23.6 Å². The number of carbonyl (C=O) groups is 4. The van der Waals surface area contributed by atoms with Crippen molar-refractivity contribution in [1.82, 2.24) is 4.90 Å². The monoisotopic (exact) mass is 848 g/mol. The first kappa shape index (κ1) is 41.7. The van der Waals surface area contributed by atoms with Crippen LogP contribution in [0.5, 0.6) is 11.5 Å². The number of benzene rings is 4. The van der Waals surface area contributed by atoms with Crippen LogP contribution in [0.3, 0.4) is 0 Å². The molecule has 4 amide bonds. The van der Waals surface area contributed by atoms with E-state index in [1.165, 1.54) is 27.9 Å². The molecule has 320 valence electrons. The van der Waals surface area contributed by atoms with Crippen LogP contribution in [-0.4, -0.2) is 73.7 Å². The van der Waals surface area contributed by atoms with Gasteiger partial charge in [0, 0.05) is 48.7 Å². The molecular formula is C45H42F6N4O6. The Balaban J connectivity index is 1.22. The number of amides is 4. The molecule has 4 aromatic carbocycles. The van der Waals surface area contributed by atoms with Gasteiger partial charge < -0.3 is 19.3 Å². The first-order valence-corrected chi connectivity index (χ1v) is 19.5. The summed E-state index contributed by atoms with van der Waals surface area (Å²) < 4.78 is 104. The van der Waals surface area contributed by atoms with Crippen LogP contribution in [0.15, 0.2) is 60.7 Å². The second-order valence-corrected chi connectivity index (χ2v) is 17.8. The van der Waals surface area contributed by atoms with Crippen molar-refractivity contribution in [3.05, 3.63) is 111 Å². The lowest BCUT2D eigenvalue weighted by molar-refractivity contribution is -0.288. The molecule has 8 rings (SSSR count). The summed E-state index contributed by atoms with van der Waals surface area (Å²) in [6, 6.07) is 10.9. The van der Waals surface area contributed by atoms with Crippen molar-refractivity contribution in [2.45, 2.75) is 83.4 Å². The van der Waals surface area contributed by atoms with Crippen molar-refractivity contribution in [3.63, 3.8) is 0 Å². The lowest BCUT2D eigenvalue weighted by Crippen LogP contribution is -2.55. The number of methoxy groups -OCH3 is 2. The number of anilines is 3. The summed E-state index contributed by atoms with van der Waals surface area (Å²) in [4.78, 5) is 60.6. The predicted octanol–water partition coefficient (Wildman–Crippen LogP) is 8.95. The van der Waals surface area contributed by atoms with Gasteiger partial charge in [0.15, 0.2) is 0 Å². The predicted molar refractivity (Wildman–Crippen MR) is 214 cm³/mol. The van der Waals surface area contributed by atoms with Crippen LogP contribution in [0, 0.1) is 0 Å². The highest BCUT2D eigenvalue weighted by Crippen LogP contribution is 2.57. The Morgan fingerprint density at radius 3 is 1.44 bits per heavy atom. The molecule has 4 heterocycles. The van der Waals surface area contributed by atoms with E-state index in [9.17, 15) is 19.2 Å². The van der Waals surface area contributed by atoms with Gasteiger partial charge >= 0.3 is 12.4 Å². The van der Waals surface area contributed by atoms with E-state index in [0.717, 1.165) is 45.2 Å². The molecule has 0 atom stereocenters. The Labute approximate surface area is 347 Å². The number of nitrogens with zero attached hydrogens (tertiary/aromatic N) is 4. The Bertz CT molecular complexity index is 2570. The average Bonchev–Trinajstić information content (AvgIpc) is 3.37. The SMILES string of the molecule is COc1cc2c(cc1N1C(=O)c3ccc(C(c4ccc5c(c4)C(=O)N(C(C)(C)C)C5=O)(C(F)(F)F)C(F)(F)F)cc3C1=O)N1CCN(C2)c2cc(C(C)(C)C)c(OC)cc2C1. The number of fused-ring (bicyclic) bond motifs is 9. The van der Waals surface area contributed by atoms with E-state index < -0.39 is 74.8 Å². The normalized spacial score (nSPS) is 16.8. The number of alkyl halides is 6. The average molecular weight is 849 g/mol. The van der Waals surface area contributed by atoms with Crippen molar-refractivity contribution < 1.29 is 55.0 Å². The Hall–Kier alpha value is -6.06. The van der Waals surface area contributed by atoms with E-state index in [1.807, 2.05) is 6.07 Å². The van der Waals surface area contributed by atoms with Crippen LogP contribution >= 0.6 is 0 Å². The summed E-state index contributed by atoms with van der Waals surface area (Å²) in [5.74, 6) is -3.24. The van der Waals surface area contributed by atoms with Gasteiger partial charge in [-0.3, -0.25) is 24.1 Å². The molecule has 61 heavy (non-hydrogen) atoms. The number of hydrogen-bond donors (Lipinski definition) is 0. The first-order valence-electron chi connectivity index (χ1n) is 19.5. The van der Waals surface area contributed by atoms with Crippen LogP contribution in [0.1, 0.15) is 111 Å². The van der Waals surface area contributed by atoms with Crippen molar-refractivity contribution in [3.8, 4) is 11.5 Å². The second-order valence-electron chi connectivity index (χ2n) is 17.8. The molecule has 0 saturated heterocycles. The van der Waals surface area contributed by atoms with Crippen molar-refractivity contribution in [1.29, 1.82) is 0 Å². The van der Waals surface area contributed by atoms with E-state index in [1.54, 1.807) is 19.2 Å². The quantitative estimate of drug-likeness (QED) is 0.145. The van der Waals surface area contributed by atoms with Gasteiger partial charge in [0.05, 0.1) is 42.2 Å². The van der Waals surface area contributed by atoms with Gasteiger partial charge in [0.1, 0.15) is 11.5 Å². The minimum atomic E-state index is -6.10. The van der Waals surface area contributed by atoms with E-state index in [0.29, 0.717) is 61.0 Å². The molecule has 4 aliphatic heterocycles. The maximum atomic E-state index is 15.4. The smallest absolute Gasteiger partial charge is 0.411 e. The number of carbonyl (C=O) groups excluding carboxylic acids is 4. The third-order valence-corrected chi connectivity index (χ3v) is 12.0. The minimum absolute atomic E-state index is 0.0444. The summed E-state index contributed by atoms with van der Waals surface area (Å²) in [6.45, 7) is 12.8. The number of halogens is 6. The van der Waals surface area contributed by atoms with Gasteiger partial charge in [0.2, 0.25) is 5.41 Å². The number of ether oxygens (including phenoxy) is 2. The molecule has 0 saturated carbocycles. The molecular weight excluding hydrogens is 807 g/mol. The lowest BCUT2D eigenvalue weighted by atomic mass is 9.71. The fourth-order valence-corrected chi connectivity index (χ4v) is 9.13. The molecule has 0 aromatic heterocycles. The van der Waals surface area contributed by atoms with Crippen LogP contribution in [0.25, 0.3) is 0 Å². The molecule has 0 aliphatic carbocycles. The third kappa shape index (κ3) is 6.06. The van der Waals surface area contributed by atoms with Crippen molar-refractivity contribution in [2.24, 2.45) is 0 Å². The van der Waals surface area contributed by atoms with Crippen molar-refractivity contribution in [2.75, 3.05) is 42.0 Å². The Morgan fingerprint density at radius 2 is 0.967 bits per heavy atom. The van der Waals surface area contributed by atoms with Crippen LogP contribution < -0.4 is 24.2 Å². The molecule has 0 fully saturated rings. The first-order chi connectivity index (χ1) is 28.3. The second kappa shape index (κ2) is 13.5. The maximum Gasteiger partial charge on any atom is 0.411 e. The summed E-state index contributed by atoms with van der Waals surface area (Å²) in [5, 5.41) is 0. The van der Waals surface area contributed by atoms with Crippen LogP contribution in [0.2, 0.25) is 0 Å². The van der Waals surface area contributed by atoms with Gasteiger partial charge in [-0.15, -0.1) is 0 Å². The van der Waals surface area contributed by atoms with E-state index in [4.69, 9.17) is 9.47 Å². The fourth-order valence-electron chi connectivity index (χ4n) is 9.13. The standard InChI is InChI=1S/C45H42F6N4O6/c1-41(2,3)31-19-32-23(15-35(31)60-7)21-53-14-13-52(32)22-24-16-36(61-8)34(20-33(24)53)54-37(56)27-11-9-25(17-29(27)38(54)57)43(44(46,47)48,45(49,50)51)26-10-12-28-30(18-26)40(59)55(39(28)58)42(4,5)6/h9-12,15-20H,13-14,21-22H2,1-8H3. The van der Waals surface area contributed by atoms with Gasteiger partial charge in [-0.2, -0.15) is 26.3 Å². The minimum Gasteiger partial charge on any atom is -0.496 e. The zero-order valence-corrected chi connectivity index (χ0v) is 34.6. The zero-order chi connectivity index (χ0) is 44.5. The molecule has 0 unspecified atom stereocenters. The highest BCUT2D eigenvalue weighted by Gasteiger charge is 2.73. The molecule has 16 heteroatoms. The maximum absolute atomic E-state index is 15.4. The van der Waals surface area contributed by atoms with Gasteiger partial charge in [-0.05, 0) is 97.0 Å². The van der Waals surface area contributed by atoms with Crippen molar-refractivity contribution >= 4 is 40.7 Å². The van der Waals surface area contributed by atoms with Crippen LogP contribution in [-0.2, 0) is 23.9 Å². The number of rotatable bonds is 5. The highest BCUT2D eigenvalue weighted by atomic mass is 19.4. The Morgan fingerprint density at radius 1 is 0.525 bits per heavy atom. The largest absolute Gasteiger partial charge is 0.496 e. The van der Waals surface area contributed by atoms with E-state index >= 15 is 26.3 Å². The van der Waals surface area contributed by atoms with E-state index in [-0.39, 0.29) is 22.4 Å². The molecule has 10 nitrogen and oxygen atoms in total. The summed E-state index contributed by atoms with van der Waals surface area (Å²) >= 11 is 0. The van der Waals surface area contributed by atoms with Gasteiger partial charge in [-0.1, -0.05) is 32.9 Å². The zero-order valence-electron chi connectivity index (χ0n) is 34.6. The molecule has 2 bridgehead atoms. The molecule has 0 spiro atoms. The number of imide groups is 2. The molecule has 4 aliphatic rings. The van der Waals surface area contributed by atoms with E-state index in [2.05, 4.69) is 36.6 Å². The molecule has 0 N–H and O–H groups in total.